The second kappa shape index (κ2) is 5.19. The molecule has 0 bridgehead atoms. The smallest absolute Gasteiger partial charge is 0.0533 e. The number of rotatable bonds is 1. The molecule has 2 aliphatic heterocycles. The van der Waals surface area contributed by atoms with Gasteiger partial charge in [0.1, 0.15) is 0 Å². The number of hydrogen-bond acceptors (Lipinski definition) is 3. The highest BCUT2D eigenvalue weighted by Gasteiger charge is 2.15. The van der Waals surface area contributed by atoms with Crippen LogP contribution in [0.25, 0.3) is 5.70 Å². The summed E-state index contributed by atoms with van der Waals surface area (Å²) < 4.78 is 0. The van der Waals surface area contributed by atoms with E-state index in [9.17, 15) is 0 Å². The Morgan fingerprint density at radius 1 is 0.810 bits per heavy atom. The van der Waals surface area contributed by atoms with Crippen molar-refractivity contribution in [3.8, 4) is 0 Å². The van der Waals surface area contributed by atoms with Crippen molar-refractivity contribution in [3.63, 3.8) is 0 Å². The number of anilines is 2. The molecule has 102 valence electrons. The molecule has 4 rings (SSSR count). The zero-order valence-electron chi connectivity index (χ0n) is 11.3. The predicted octanol–water partition coefficient (Wildman–Crippen LogP) is 4.91. The molecule has 0 saturated heterocycles. The van der Waals surface area contributed by atoms with Gasteiger partial charge in [0.25, 0.3) is 0 Å². The number of allylic oxidation sites excluding steroid dienone is 4. The van der Waals surface area contributed by atoms with E-state index in [4.69, 9.17) is 0 Å². The van der Waals surface area contributed by atoms with Gasteiger partial charge in [0.2, 0.25) is 0 Å². The van der Waals surface area contributed by atoms with Crippen LogP contribution in [0.3, 0.4) is 0 Å². The lowest BCUT2D eigenvalue weighted by atomic mass is 10.1. The van der Waals surface area contributed by atoms with Crippen LogP contribution in [-0.2, 0) is 0 Å². The van der Waals surface area contributed by atoms with E-state index in [0.717, 1.165) is 11.4 Å². The van der Waals surface area contributed by atoms with Gasteiger partial charge in [0.15, 0.2) is 0 Å². The number of benzene rings is 2. The van der Waals surface area contributed by atoms with Gasteiger partial charge in [-0.3, -0.25) is 0 Å². The average molecular weight is 290 g/mol. The average Bonchev–Trinajstić information content (AvgIpc) is 2.81. The van der Waals surface area contributed by atoms with Crippen LogP contribution >= 0.6 is 11.8 Å². The van der Waals surface area contributed by atoms with Crippen LogP contribution in [0.2, 0.25) is 0 Å². The molecule has 0 atom stereocenters. The third-order valence-electron chi connectivity index (χ3n) is 3.49. The summed E-state index contributed by atoms with van der Waals surface area (Å²) in [5.41, 5.74) is 4.62. The highest BCUT2D eigenvalue weighted by Crippen LogP contribution is 2.44. The molecule has 0 aromatic heterocycles. The third kappa shape index (κ3) is 2.36. The second-order valence-electron chi connectivity index (χ2n) is 4.90. The Balaban J connectivity index is 1.71. The van der Waals surface area contributed by atoms with Crippen molar-refractivity contribution < 1.29 is 0 Å². The molecule has 3 heteroatoms. The van der Waals surface area contributed by atoms with Gasteiger partial charge < -0.3 is 10.6 Å². The maximum atomic E-state index is 3.52. The van der Waals surface area contributed by atoms with Crippen molar-refractivity contribution in [1.29, 1.82) is 0 Å². The monoisotopic (exact) mass is 290 g/mol. The van der Waals surface area contributed by atoms with Crippen LogP contribution in [-0.4, -0.2) is 0 Å². The first kappa shape index (κ1) is 12.4. The standard InChI is InChI=1S/C18H14N2S/c1-2-6-14(19-11-5-1)13-9-10-18-16(12-13)20-15-7-3-4-8-17(15)21-18/h1-12,19-20H. The fourth-order valence-corrected chi connectivity index (χ4v) is 3.41. The van der Waals surface area contributed by atoms with Crippen molar-refractivity contribution >= 4 is 28.8 Å². The molecule has 2 aromatic rings. The summed E-state index contributed by atoms with van der Waals surface area (Å²) in [6.07, 6.45) is 10.1. The molecule has 0 fully saturated rings. The molecule has 2 heterocycles. The quantitative estimate of drug-likeness (QED) is 0.666. The first-order valence-electron chi connectivity index (χ1n) is 6.88. The zero-order valence-corrected chi connectivity index (χ0v) is 12.2. The number of nitrogens with one attached hydrogen (secondary N) is 2. The SMILES string of the molecule is C1=CC=C(c2ccc3c(c2)Nc2ccccc2S3)NC=C1. The summed E-state index contributed by atoms with van der Waals surface area (Å²) in [5.74, 6) is 0. The van der Waals surface area contributed by atoms with Crippen molar-refractivity contribution in [1.82, 2.24) is 5.32 Å². The summed E-state index contributed by atoms with van der Waals surface area (Å²) in [6, 6.07) is 14.9. The molecule has 0 unspecified atom stereocenters. The Bertz CT molecular complexity index is 788. The fraction of sp³-hybridized carbons (Fsp3) is 0. The lowest BCUT2D eigenvalue weighted by molar-refractivity contribution is 1.21. The number of hydrogen-bond donors (Lipinski definition) is 2. The minimum Gasteiger partial charge on any atom is -0.361 e. The van der Waals surface area contributed by atoms with Crippen LogP contribution in [0.15, 0.2) is 82.8 Å². The molecule has 0 spiro atoms. The maximum absolute atomic E-state index is 3.52. The number of para-hydroxylation sites is 1. The summed E-state index contributed by atoms with van der Waals surface area (Å²) in [4.78, 5) is 2.54. The molecule has 0 aliphatic carbocycles. The first-order valence-corrected chi connectivity index (χ1v) is 7.70. The molecule has 0 amide bonds. The Labute approximate surface area is 128 Å². The highest BCUT2D eigenvalue weighted by atomic mass is 32.2. The third-order valence-corrected chi connectivity index (χ3v) is 4.64. The molecule has 2 N–H and O–H groups in total. The van der Waals surface area contributed by atoms with Gasteiger partial charge in [-0.05, 0) is 36.4 Å². The van der Waals surface area contributed by atoms with Gasteiger partial charge in [-0.25, -0.2) is 0 Å². The van der Waals surface area contributed by atoms with E-state index in [1.54, 1.807) is 0 Å². The van der Waals surface area contributed by atoms with Crippen LogP contribution in [0.4, 0.5) is 11.4 Å². The van der Waals surface area contributed by atoms with Crippen molar-refractivity contribution in [2.24, 2.45) is 0 Å². The minimum atomic E-state index is 1.11. The second-order valence-corrected chi connectivity index (χ2v) is 5.99. The van der Waals surface area contributed by atoms with Crippen LogP contribution in [0, 0.1) is 0 Å². The normalized spacial score (nSPS) is 15.1. The maximum Gasteiger partial charge on any atom is 0.0533 e. The van der Waals surface area contributed by atoms with Crippen LogP contribution < -0.4 is 10.6 Å². The zero-order chi connectivity index (χ0) is 14.1. The Morgan fingerprint density at radius 3 is 2.71 bits per heavy atom. The molecule has 2 nitrogen and oxygen atoms in total. The predicted molar refractivity (Wildman–Crippen MR) is 89.7 cm³/mol. The Morgan fingerprint density at radius 2 is 1.71 bits per heavy atom. The molecule has 0 radical (unpaired) electrons. The van der Waals surface area contributed by atoms with E-state index in [0.29, 0.717) is 0 Å². The molecule has 2 aliphatic rings. The van der Waals surface area contributed by atoms with E-state index in [-0.39, 0.29) is 0 Å². The van der Waals surface area contributed by atoms with E-state index in [1.807, 2.05) is 36.2 Å². The van der Waals surface area contributed by atoms with Crippen molar-refractivity contribution in [2.75, 3.05) is 5.32 Å². The topological polar surface area (TPSA) is 24.1 Å². The molecule has 0 saturated carbocycles. The Hall–Kier alpha value is -2.39. The van der Waals surface area contributed by atoms with E-state index in [2.05, 4.69) is 59.2 Å². The minimum absolute atomic E-state index is 1.11. The summed E-state index contributed by atoms with van der Waals surface area (Å²) in [7, 11) is 0. The largest absolute Gasteiger partial charge is 0.361 e. The molecule has 2 aromatic carbocycles. The van der Waals surface area contributed by atoms with Gasteiger partial charge in [-0.1, -0.05) is 42.1 Å². The lowest BCUT2D eigenvalue weighted by Gasteiger charge is -2.21. The van der Waals surface area contributed by atoms with E-state index in [1.165, 1.54) is 21.0 Å². The van der Waals surface area contributed by atoms with Gasteiger partial charge in [0.05, 0.1) is 11.4 Å². The first-order chi connectivity index (χ1) is 10.4. The van der Waals surface area contributed by atoms with E-state index < -0.39 is 0 Å². The summed E-state index contributed by atoms with van der Waals surface area (Å²) >= 11 is 1.81. The van der Waals surface area contributed by atoms with Gasteiger partial charge in [-0.2, -0.15) is 0 Å². The van der Waals surface area contributed by atoms with Gasteiger partial charge in [0, 0.05) is 27.3 Å². The van der Waals surface area contributed by atoms with Crippen LogP contribution in [0.5, 0.6) is 0 Å². The molecule has 21 heavy (non-hydrogen) atoms. The Kier molecular flexibility index (Phi) is 3.05. The van der Waals surface area contributed by atoms with Crippen LogP contribution in [0.1, 0.15) is 5.56 Å². The van der Waals surface area contributed by atoms with Crippen molar-refractivity contribution in [3.05, 3.63) is 78.5 Å². The van der Waals surface area contributed by atoms with E-state index >= 15 is 0 Å². The van der Waals surface area contributed by atoms with Gasteiger partial charge >= 0.3 is 0 Å². The summed E-state index contributed by atoms with van der Waals surface area (Å²) in [5, 5.41) is 6.83. The fourth-order valence-electron chi connectivity index (χ4n) is 2.44. The van der Waals surface area contributed by atoms with Crippen molar-refractivity contribution in [2.45, 2.75) is 9.79 Å². The lowest BCUT2D eigenvalue weighted by Crippen LogP contribution is -2.05. The number of fused-ring (bicyclic) bond motifs is 2. The molecular formula is C18H14N2S. The highest BCUT2D eigenvalue weighted by molar-refractivity contribution is 7.99. The molecular weight excluding hydrogens is 276 g/mol. The summed E-state index contributed by atoms with van der Waals surface area (Å²) in [6.45, 7) is 0. The van der Waals surface area contributed by atoms with Gasteiger partial charge in [-0.15, -0.1) is 0 Å².